The molecule has 2 heterocycles. The highest BCUT2D eigenvalue weighted by molar-refractivity contribution is 5.35. The van der Waals surface area contributed by atoms with Gasteiger partial charge >= 0.3 is 0 Å². The fraction of sp³-hybridized carbons (Fsp3) is 0.444. The molecule has 0 spiro atoms. The van der Waals surface area contributed by atoms with Crippen molar-refractivity contribution in [3.05, 3.63) is 23.4 Å². The fourth-order valence-electron chi connectivity index (χ4n) is 1.56. The van der Waals surface area contributed by atoms with E-state index < -0.39 is 0 Å². The van der Waals surface area contributed by atoms with Gasteiger partial charge < -0.3 is 10.6 Å². The van der Waals surface area contributed by atoms with E-state index in [4.69, 9.17) is 5.73 Å². The summed E-state index contributed by atoms with van der Waals surface area (Å²) in [6.07, 6.45) is 1.10. The largest absolute Gasteiger partial charge is 0.384 e. The second-order valence-electron chi connectivity index (χ2n) is 3.33. The molecule has 3 nitrogen and oxygen atoms in total. The smallest absolute Gasteiger partial charge is 0.123 e. The van der Waals surface area contributed by atoms with Crippen molar-refractivity contribution in [1.29, 1.82) is 0 Å². The summed E-state index contributed by atoms with van der Waals surface area (Å²) in [7, 11) is 2.10. The quantitative estimate of drug-likeness (QED) is 0.610. The lowest BCUT2D eigenvalue weighted by Gasteiger charge is -2.23. The first-order chi connectivity index (χ1) is 5.75. The maximum absolute atomic E-state index is 5.60. The third-order valence-electron chi connectivity index (χ3n) is 2.27. The molecule has 1 aliphatic heterocycles. The van der Waals surface area contributed by atoms with E-state index in [0.29, 0.717) is 5.82 Å². The maximum Gasteiger partial charge on any atom is 0.123 e. The van der Waals surface area contributed by atoms with Crippen molar-refractivity contribution >= 4 is 5.82 Å². The van der Waals surface area contributed by atoms with Gasteiger partial charge in [0.05, 0.1) is 5.69 Å². The van der Waals surface area contributed by atoms with Crippen LogP contribution >= 0.6 is 0 Å². The molecular formula is C9H13N3. The molecule has 64 valence electrons. The van der Waals surface area contributed by atoms with Crippen LogP contribution in [0.25, 0.3) is 0 Å². The van der Waals surface area contributed by atoms with Crippen LogP contribution in [0.2, 0.25) is 0 Å². The first-order valence-corrected chi connectivity index (χ1v) is 4.18. The standard InChI is InChI=1S/C9H13N3/c1-12-5-4-7-2-3-9(10)11-8(7)6-12/h2-3H,4-6H2,1H3,(H2,10,11). The van der Waals surface area contributed by atoms with Gasteiger partial charge in [-0.1, -0.05) is 6.07 Å². The van der Waals surface area contributed by atoms with Gasteiger partial charge in [0.15, 0.2) is 0 Å². The Hall–Kier alpha value is -1.09. The number of nitrogen functional groups attached to an aromatic ring is 1. The van der Waals surface area contributed by atoms with Crippen molar-refractivity contribution in [2.24, 2.45) is 0 Å². The molecule has 0 atom stereocenters. The zero-order valence-electron chi connectivity index (χ0n) is 7.25. The molecule has 0 amide bonds. The van der Waals surface area contributed by atoms with Crippen LogP contribution in [-0.4, -0.2) is 23.5 Å². The van der Waals surface area contributed by atoms with E-state index in [1.165, 1.54) is 5.56 Å². The average Bonchev–Trinajstić information content (AvgIpc) is 2.03. The Bertz CT molecular complexity index is 296. The molecule has 12 heavy (non-hydrogen) atoms. The highest BCUT2D eigenvalue weighted by atomic mass is 15.1. The molecule has 0 aliphatic carbocycles. The minimum atomic E-state index is 0.629. The second-order valence-corrected chi connectivity index (χ2v) is 3.33. The molecule has 0 saturated carbocycles. The first kappa shape index (κ1) is 7.55. The number of anilines is 1. The number of hydrogen-bond donors (Lipinski definition) is 1. The number of pyridine rings is 1. The summed E-state index contributed by atoms with van der Waals surface area (Å²) in [5.74, 6) is 0.629. The van der Waals surface area contributed by atoms with Crippen molar-refractivity contribution in [2.75, 3.05) is 19.3 Å². The Morgan fingerprint density at radius 2 is 2.33 bits per heavy atom. The molecule has 0 unspecified atom stereocenters. The van der Waals surface area contributed by atoms with Crippen LogP contribution < -0.4 is 5.73 Å². The summed E-state index contributed by atoms with van der Waals surface area (Å²) in [5, 5.41) is 0. The highest BCUT2D eigenvalue weighted by Crippen LogP contribution is 2.16. The molecule has 0 radical (unpaired) electrons. The number of likely N-dealkylation sites (N-methyl/N-ethyl adjacent to an activating group) is 1. The van der Waals surface area contributed by atoms with Crippen LogP contribution in [0.5, 0.6) is 0 Å². The first-order valence-electron chi connectivity index (χ1n) is 4.18. The lowest BCUT2D eigenvalue weighted by molar-refractivity contribution is 0.308. The zero-order valence-corrected chi connectivity index (χ0v) is 7.25. The van der Waals surface area contributed by atoms with E-state index in [1.54, 1.807) is 0 Å². The van der Waals surface area contributed by atoms with Crippen LogP contribution in [-0.2, 0) is 13.0 Å². The summed E-state index contributed by atoms with van der Waals surface area (Å²) in [5.41, 5.74) is 8.09. The molecule has 2 rings (SSSR count). The Morgan fingerprint density at radius 3 is 3.17 bits per heavy atom. The van der Waals surface area contributed by atoms with Gasteiger partial charge in [-0.05, 0) is 25.1 Å². The van der Waals surface area contributed by atoms with Gasteiger partial charge in [0.25, 0.3) is 0 Å². The van der Waals surface area contributed by atoms with E-state index in [0.717, 1.165) is 25.2 Å². The Kier molecular flexibility index (Phi) is 1.73. The van der Waals surface area contributed by atoms with Crippen LogP contribution in [0.4, 0.5) is 5.82 Å². The topological polar surface area (TPSA) is 42.1 Å². The summed E-state index contributed by atoms with van der Waals surface area (Å²) in [6, 6.07) is 3.97. The van der Waals surface area contributed by atoms with Gasteiger partial charge in [-0.2, -0.15) is 0 Å². The average molecular weight is 163 g/mol. The lowest BCUT2D eigenvalue weighted by Crippen LogP contribution is -2.27. The minimum Gasteiger partial charge on any atom is -0.384 e. The Labute approximate surface area is 72.2 Å². The molecule has 1 aliphatic rings. The number of nitrogens with zero attached hydrogens (tertiary/aromatic N) is 2. The van der Waals surface area contributed by atoms with Gasteiger partial charge in [-0.25, -0.2) is 4.98 Å². The molecule has 1 aromatic rings. The van der Waals surface area contributed by atoms with Gasteiger partial charge in [0.2, 0.25) is 0 Å². The van der Waals surface area contributed by atoms with Crippen LogP contribution in [0, 0.1) is 0 Å². The van der Waals surface area contributed by atoms with Crippen LogP contribution in [0.15, 0.2) is 12.1 Å². The highest BCUT2D eigenvalue weighted by Gasteiger charge is 2.13. The zero-order chi connectivity index (χ0) is 8.55. The number of nitrogens with two attached hydrogens (primary N) is 1. The molecule has 0 aromatic carbocycles. The minimum absolute atomic E-state index is 0.629. The predicted molar refractivity (Wildman–Crippen MR) is 48.7 cm³/mol. The molecule has 0 bridgehead atoms. The monoisotopic (exact) mass is 163 g/mol. The van der Waals surface area contributed by atoms with Gasteiger partial charge in [-0.15, -0.1) is 0 Å². The van der Waals surface area contributed by atoms with Gasteiger partial charge in [0.1, 0.15) is 5.82 Å². The maximum atomic E-state index is 5.60. The number of rotatable bonds is 0. The second kappa shape index (κ2) is 2.75. The van der Waals surface area contributed by atoms with E-state index >= 15 is 0 Å². The molecule has 0 fully saturated rings. The Balaban J connectivity index is 2.37. The van der Waals surface area contributed by atoms with Crippen molar-refractivity contribution in [1.82, 2.24) is 9.88 Å². The molecule has 3 heteroatoms. The predicted octanol–water partition coefficient (Wildman–Crippen LogP) is 0.652. The normalized spacial score (nSPS) is 17.4. The summed E-state index contributed by atoms with van der Waals surface area (Å²) >= 11 is 0. The molecule has 0 saturated heterocycles. The number of fused-ring (bicyclic) bond motifs is 1. The molecule has 1 aromatic heterocycles. The van der Waals surface area contributed by atoms with Crippen LogP contribution in [0.3, 0.4) is 0 Å². The molecule has 2 N–H and O–H groups in total. The third kappa shape index (κ3) is 1.28. The van der Waals surface area contributed by atoms with E-state index in [2.05, 4.69) is 23.0 Å². The van der Waals surface area contributed by atoms with Crippen molar-refractivity contribution in [2.45, 2.75) is 13.0 Å². The van der Waals surface area contributed by atoms with Crippen molar-refractivity contribution < 1.29 is 0 Å². The van der Waals surface area contributed by atoms with E-state index in [9.17, 15) is 0 Å². The summed E-state index contributed by atoms with van der Waals surface area (Å²) in [6.45, 7) is 2.05. The van der Waals surface area contributed by atoms with Crippen LogP contribution in [0.1, 0.15) is 11.3 Å². The summed E-state index contributed by atoms with van der Waals surface area (Å²) < 4.78 is 0. The van der Waals surface area contributed by atoms with Crippen molar-refractivity contribution in [3.63, 3.8) is 0 Å². The van der Waals surface area contributed by atoms with E-state index in [1.807, 2.05) is 6.07 Å². The number of hydrogen-bond acceptors (Lipinski definition) is 3. The fourth-order valence-corrected chi connectivity index (χ4v) is 1.56. The SMILES string of the molecule is CN1CCc2ccc(N)nc2C1. The van der Waals surface area contributed by atoms with Crippen molar-refractivity contribution in [3.8, 4) is 0 Å². The number of aromatic nitrogens is 1. The molecular weight excluding hydrogens is 150 g/mol. The summed E-state index contributed by atoms with van der Waals surface area (Å²) in [4.78, 5) is 6.56. The van der Waals surface area contributed by atoms with Gasteiger partial charge in [0, 0.05) is 13.1 Å². The van der Waals surface area contributed by atoms with Gasteiger partial charge in [-0.3, -0.25) is 0 Å². The van der Waals surface area contributed by atoms with E-state index in [-0.39, 0.29) is 0 Å². The lowest BCUT2D eigenvalue weighted by atomic mass is 10.1. The Morgan fingerprint density at radius 1 is 1.50 bits per heavy atom. The third-order valence-corrected chi connectivity index (χ3v) is 2.27.